The summed E-state index contributed by atoms with van der Waals surface area (Å²) in [6.07, 6.45) is 1.72. The number of aromatic nitrogens is 2. The van der Waals surface area contributed by atoms with Crippen LogP contribution in [0.1, 0.15) is 0 Å². The van der Waals surface area contributed by atoms with Crippen molar-refractivity contribution in [3.05, 3.63) is 72.3 Å². The van der Waals surface area contributed by atoms with E-state index >= 15 is 0 Å². The van der Waals surface area contributed by atoms with Crippen LogP contribution >= 0.6 is 0 Å². The van der Waals surface area contributed by atoms with Crippen LogP contribution in [0.2, 0.25) is 0 Å². The number of benzene rings is 2. The van der Waals surface area contributed by atoms with Crippen LogP contribution in [0.15, 0.2) is 72.0 Å². The lowest BCUT2D eigenvalue weighted by Crippen LogP contribution is -2.23. The van der Waals surface area contributed by atoms with Gasteiger partial charge in [0.05, 0.1) is 26.8 Å². The largest absolute Gasteiger partial charge is 0.497 e. The Morgan fingerprint density at radius 1 is 0.871 bits per heavy atom. The number of rotatable bonds is 6. The van der Waals surface area contributed by atoms with Gasteiger partial charge >= 0.3 is 0 Å². The highest BCUT2D eigenvalue weighted by Gasteiger charge is 2.13. The van der Waals surface area contributed by atoms with Crippen LogP contribution in [-0.4, -0.2) is 30.9 Å². The molecule has 7 nitrogen and oxygen atoms in total. The number of methoxy groups -OCH3 is 3. The number of hydrogen-bond donors (Lipinski definition) is 1. The topological polar surface area (TPSA) is 69.9 Å². The molecule has 0 spiro atoms. The van der Waals surface area contributed by atoms with Gasteiger partial charge in [-0.1, -0.05) is 18.2 Å². The standard InChI is InChI=1S/C24H24N4O3/c1-28-21-13-18(30-3)14-22(31-4)20(21)15-19(16-8-10-17(29-2)11-9-16)24(28)27-26-23-7-5-6-12-25-23/h5-15H,1-4H3,(H,25,26)/b27-24-. The number of ether oxygens (including phenoxy) is 3. The third kappa shape index (κ3) is 4.02. The average molecular weight is 416 g/mol. The Morgan fingerprint density at radius 3 is 2.29 bits per heavy atom. The molecule has 2 heterocycles. The van der Waals surface area contributed by atoms with Gasteiger partial charge in [-0.3, -0.25) is 5.43 Å². The van der Waals surface area contributed by atoms with E-state index in [0.717, 1.165) is 39.0 Å². The van der Waals surface area contributed by atoms with Crippen molar-refractivity contribution in [2.24, 2.45) is 12.1 Å². The SMILES string of the molecule is COc1ccc(-c2cc3c(OC)cc(OC)cc3n(C)/c2=N\Nc2ccccn2)cc1. The lowest BCUT2D eigenvalue weighted by Gasteiger charge is -2.16. The van der Waals surface area contributed by atoms with Gasteiger partial charge in [0, 0.05) is 36.3 Å². The molecule has 0 amide bonds. The molecule has 158 valence electrons. The number of nitrogens with zero attached hydrogens (tertiary/aromatic N) is 3. The molecule has 0 radical (unpaired) electrons. The van der Waals surface area contributed by atoms with Crippen LogP contribution in [0.25, 0.3) is 22.0 Å². The first kappa shape index (κ1) is 20.3. The summed E-state index contributed by atoms with van der Waals surface area (Å²) in [7, 11) is 6.91. The maximum absolute atomic E-state index is 5.65. The van der Waals surface area contributed by atoms with Crippen molar-refractivity contribution >= 4 is 16.7 Å². The number of anilines is 1. The zero-order chi connectivity index (χ0) is 21.8. The van der Waals surface area contributed by atoms with Gasteiger partial charge in [0.2, 0.25) is 0 Å². The van der Waals surface area contributed by atoms with Crippen molar-refractivity contribution in [1.29, 1.82) is 0 Å². The molecule has 0 atom stereocenters. The summed E-state index contributed by atoms with van der Waals surface area (Å²) in [5.41, 5.74) is 6.66. The van der Waals surface area contributed by atoms with E-state index in [0.29, 0.717) is 11.6 Å². The molecule has 0 aliphatic rings. The summed E-state index contributed by atoms with van der Waals surface area (Å²) in [6.45, 7) is 0. The van der Waals surface area contributed by atoms with Crippen molar-refractivity contribution in [2.75, 3.05) is 26.8 Å². The highest BCUT2D eigenvalue weighted by atomic mass is 16.5. The third-order valence-electron chi connectivity index (χ3n) is 5.10. The van der Waals surface area contributed by atoms with Gasteiger partial charge in [-0.15, -0.1) is 0 Å². The van der Waals surface area contributed by atoms with E-state index in [9.17, 15) is 0 Å². The third-order valence-corrected chi connectivity index (χ3v) is 5.10. The smallest absolute Gasteiger partial charge is 0.161 e. The predicted molar refractivity (Wildman–Crippen MR) is 121 cm³/mol. The fourth-order valence-corrected chi connectivity index (χ4v) is 3.46. The van der Waals surface area contributed by atoms with E-state index in [1.165, 1.54) is 0 Å². The van der Waals surface area contributed by atoms with Gasteiger partial charge in [0.25, 0.3) is 0 Å². The van der Waals surface area contributed by atoms with Crippen molar-refractivity contribution < 1.29 is 14.2 Å². The van der Waals surface area contributed by atoms with E-state index in [4.69, 9.17) is 19.3 Å². The second-order valence-electron chi connectivity index (χ2n) is 6.87. The van der Waals surface area contributed by atoms with Gasteiger partial charge in [-0.2, -0.15) is 5.10 Å². The summed E-state index contributed by atoms with van der Waals surface area (Å²) in [5, 5.41) is 5.65. The molecule has 4 rings (SSSR count). The minimum absolute atomic E-state index is 0.659. The molecule has 0 saturated carbocycles. The Balaban J connectivity index is 1.99. The maximum Gasteiger partial charge on any atom is 0.161 e. The zero-order valence-corrected chi connectivity index (χ0v) is 17.9. The van der Waals surface area contributed by atoms with Gasteiger partial charge in [0.15, 0.2) is 5.49 Å². The number of nitrogens with one attached hydrogen (secondary N) is 1. The molecule has 2 aromatic heterocycles. The lowest BCUT2D eigenvalue weighted by atomic mass is 10.0. The van der Waals surface area contributed by atoms with Crippen LogP contribution in [-0.2, 0) is 7.05 Å². The van der Waals surface area contributed by atoms with Gasteiger partial charge in [0.1, 0.15) is 23.1 Å². The van der Waals surface area contributed by atoms with E-state index in [2.05, 4.69) is 16.5 Å². The Kier molecular flexibility index (Phi) is 5.75. The van der Waals surface area contributed by atoms with Gasteiger partial charge in [-0.25, -0.2) is 4.98 Å². The average Bonchev–Trinajstić information content (AvgIpc) is 2.83. The van der Waals surface area contributed by atoms with Crippen LogP contribution < -0.4 is 25.1 Å². The lowest BCUT2D eigenvalue weighted by molar-refractivity contribution is 0.397. The summed E-state index contributed by atoms with van der Waals surface area (Å²) in [4.78, 5) is 4.29. The summed E-state index contributed by atoms with van der Waals surface area (Å²) >= 11 is 0. The molecule has 31 heavy (non-hydrogen) atoms. The summed E-state index contributed by atoms with van der Waals surface area (Å²) in [5.74, 6) is 2.89. The van der Waals surface area contributed by atoms with Crippen LogP contribution in [0.3, 0.4) is 0 Å². The first-order chi connectivity index (χ1) is 15.1. The second kappa shape index (κ2) is 8.79. The summed E-state index contributed by atoms with van der Waals surface area (Å²) < 4.78 is 18.4. The minimum atomic E-state index is 0.659. The van der Waals surface area contributed by atoms with Gasteiger partial charge < -0.3 is 18.8 Å². The molecule has 0 aliphatic carbocycles. The second-order valence-corrected chi connectivity index (χ2v) is 6.87. The predicted octanol–water partition coefficient (Wildman–Crippen LogP) is 4.19. The highest BCUT2D eigenvalue weighted by Crippen LogP contribution is 2.33. The molecule has 0 aliphatic heterocycles. The molecule has 0 bridgehead atoms. The minimum Gasteiger partial charge on any atom is -0.497 e. The molecule has 0 saturated heterocycles. The van der Waals surface area contributed by atoms with E-state index < -0.39 is 0 Å². The Labute approximate surface area is 180 Å². The summed E-state index contributed by atoms with van der Waals surface area (Å²) in [6, 6.07) is 19.4. The number of pyridine rings is 2. The van der Waals surface area contributed by atoms with Crippen LogP contribution in [0, 0.1) is 0 Å². The molecule has 2 aromatic carbocycles. The Morgan fingerprint density at radius 2 is 1.65 bits per heavy atom. The van der Waals surface area contributed by atoms with Crippen LogP contribution in [0.4, 0.5) is 5.82 Å². The van der Waals surface area contributed by atoms with Crippen molar-refractivity contribution in [3.8, 4) is 28.4 Å². The van der Waals surface area contributed by atoms with Crippen molar-refractivity contribution in [1.82, 2.24) is 9.55 Å². The monoisotopic (exact) mass is 416 g/mol. The Hall–Kier alpha value is -4.00. The molecule has 1 N–H and O–H groups in total. The normalized spacial score (nSPS) is 11.4. The van der Waals surface area contributed by atoms with E-state index in [1.807, 2.05) is 66.2 Å². The Bertz CT molecular complexity index is 1270. The first-order valence-corrected chi connectivity index (χ1v) is 9.75. The van der Waals surface area contributed by atoms with Crippen LogP contribution in [0.5, 0.6) is 17.2 Å². The molecule has 0 unspecified atom stereocenters. The molecule has 4 aromatic rings. The van der Waals surface area contributed by atoms with E-state index in [1.54, 1.807) is 27.5 Å². The number of fused-ring (bicyclic) bond motifs is 1. The quantitative estimate of drug-likeness (QED) is 0.477. The molecular weight excluding hydrogens is 392 g/mol. The molecule has 0 fully saturated rings. The maximum atomic E-state index is 5.65. The molecular formula is C24H24N4O3. The van der Waals surface area contributed by atoms with E-state index in [-0.39, 0.29) is 0 Å². The highest BCUT2D eigenvalue weighted by molar-refractivity contribution is 5.90. The van der Waals surface area contributed by atoms with Gasteiger partial charge in [-0.05, 0) is 35.9 Å². The van der Waals surface area contributed by atoms with Crippen molar-refractivity contribution in [2.45, 2.75) is 0 Å². The number of hydrogen-bond acceptors (Lipinski definition) is 6. The molecule has 7 heteroatoms. The van der Waals surface area contributed by atoms with Crippen molar-refractivity contribution in [3.63, 3.8) is 0 Å². The fourth-order valence-electron chi connectivity index (χ4n) is 3.46. The first-order valence-electron chi connectivity index (χ1n) is 9.75. The number of aryl methyl sites for hydroxylation is 1. The fraction of sp³-hybridized carbons (Fsp3) is 0.167. The zero-order valence-electron chi connectivity index (χ0n) is 17.9.